The molecule has 0 radical (unpaired) electrons. The Morgan fingerprint density at radius 2 is 1.89 bits per heavy atom. The number of rotatable bonds is 6. The Balaban J connectivity index is 2.69. The number of amides is 1. The summed E-state index contributed by atoms with van der Waals surface area (Å²) in [5, 5.41) is 9.21. The number of carbonyl (C=O) groups excluding carboxylic acids is 1. The molecule has 4 heteroatoms. The molecule has 0 saturated heterocycles. The SMILES string of the molecule is CCN(C(C)=O)C(CCc1ccccc1)C(=O)O. The van der Waals surface area contributed by atoms with Gasteiger partial charge in [-0.2, -0.15) is 0 Å². The maximum atomic E-state index is 11.4. The molecule has 98 valence electrons. The van der Waals surface area contributed by atoms with Gasteiger partial charge >= 0.3 is 5.97 Å². The molecular weight excluding hydrogens is 230 g/mol. The van der Waals surface area contributed by atoms with Gasteiger partial charge in [-0.3, -0.25) is 4.79 Å². The molecule has 1 aromatic rings. The first-order valence-electron chi connectivity index (χ1n) is 6.10. The van der Waals surface area contributed by atoms with E-state index in [1.165, 1.54) is 11.8 Å². The minimum absolute atomic E-state index is 0.196. The van der Waals surface area contributed by atoms with Gasteiger partial charge in [-0.15, -0.1) is 0 Å². The largest absolute Gasteiger partial charge is 0.480 e. The van der Waals surface area contributed by atoms with Gasteiger partial charge in [0.2, 0.25) is 5.91 Å². The fourth-order valence-electron chi connectivity index (χ4n) is 2.02. The highest BCUT2D eigenvalue weighted by atomic mass is 16.4. The Labute approximate surface area is 107 Å². The molecule has 0 bridgehead atoms. The van der Waals surface area contributed by atoms with Crippen LogP contribution in [0.25, 0.3) is 0 Å². The summed E-state index contributed by atoms with van der Waals surface area (Å²) < 4.78 is 0. The van der Waals surface area contributed by atoms with Crippen molar-refractivity contribution in [2.24, 2.45) is 0 Å². The van der Waals surface area contributed by atoms with Gasteiger partial charge in [0.05, 0.1) is 0 Å². The Morgan fingerprint density at radius 3 is 2.33 bits per heavy atom. The minimum Gasteiger partial charge on any atom is -0.480 e. The predicted octanol–water partition coefficient (Wildman–Crippen LogP) is 1.94. The van der Waals surface area contributed by atoms with Crippen LogP contribution >= 0.6 is 0 Å². The van der Waals surface area contributed by atoms with Crippen LogP contribution in [0.3, 0.4) is 0 Å². The topological polar surface area (TPSA) is 57.6 Å². The zero-order valence-electron chi connectivity index (χ0n) is 10.8. The van der Waals surface area contributed by atoms with Gasteiger partial charge in [0, 0.05) is 13.5 Å². The van der Waals surface area contributed by atoms with Crippen molar-refractivity contribution in [1.29, 1.82) is 0 Å². The number of likely N-dealkylation sites (N-methyl/N-ethyl adjacent to an activating group) is 1. The zero-order chi connectivity index (χ0) is 13.5. The molecule has 0 aromatic heterocycles. The van der Waals surface area contributed by atoms with Gasteiger partial charge in [0.1, 0.15) is 6.04 Å². The molecule has 1 unspecified atom stereocenters. The molecule has 1 rings (SSSR count). The van der Waals surface area contributed by atoms with Gasteiger partial charge < -0.3 is 10.0 Å². The van der Waals surface area contributed by atoms with E-state index in [4.69, 9.17) is 0 Å². The molecule has 0 heterocycles. The molecule has 1 N–H and O–H groups in total. The van der Waals surface area contributed by atoms with E-state index in [2.05, 4.69) is 0 Å². The summed E-state index contributed by atoms with van der Waals surface area (Å²) in [7, 11) is 0. The highest BCUT2D eigenvalue weighted by Gasteiger charge is 2.25. The molecular formula is C14H19NO3. The first-order chi connectivity index (χ1) is 8.56. The number of nitrogens with zero attached hydrogens (tertiary/aromatic N) is 1. The molecule has 1 aromatic carbocycles. The summed E-state index contributed by atoms with van der Waals surface area (Å²) in [4.78, 5) is 24.0. The van der Waals surface area contributed by atoms with E-state index in [1.807, 2.05) is 30.3 Å². The molecule has 0 fully saturated rings. The fourth-order valence-corrected chi connectivity index (χ4v) is 2.02. The van der Waals surface area contributed by atoms with Gasteiger partial charge in [-0.1, -0.05) is 30.3 Å². The normalized spacial score (nSPS) is 11.9. The van der Waals surface area contributed by atoms with E-state index in [-0.39, 0.29) is 5.91 Å². The Kier molecular flexibility index (Phi) is 5.36. The van der Waals surface area contributed by atoms with Gasteiger partial charge in [0.25, 0.3) is 0 Å². The first-order valence-corrected chi connectivity index (χ1v) is 6.10. The van der Waals surface area contributed by atoms with Crippen LogP contribution in [0.4, 0.5) is 0 Å². The number of aryl methyl sites for hydroxylation is 1. The van der Waals surface area contributed by atoms with E-state index >= 15 is 0 Å². The van der Waals surface area contributed by atoms with Crippen LogP contribution in [0, 0.1) is 0 Å². The maximum Gasteiger partial charge on any atom is 0.326 e. The molecule has 0 aliphatic rings. The molecule has 0 aliphatic carbocycles. The summed E-state index contributed by atoms with van der Waals surface area (Å²) in [6, 6.07) is 8.95. The zero-order valence-corrected chi connectivity index (χ0v) is 10.8. The summed E-state index contributed by atoms with van der Waals surface area (Å²) >= 11 is 0. The second-order valence-electron chi connectivity index (χ2n) is 4.18. The van der Waals surface area contributed by atoms with Crippen LogP contribution in [-0.2, 0) is 16.0 Å². The summed E-state index contributed by atoms with van der Waals surface area (Å²) in [5.74, 6) is -1.14. The smallest absolute Gasteiger partial charge is 0.326 e. The van der Waals surface area contributed by atoms with Crippen molar-refractivity contribution >= 4 is 11.9 Å². The minimum atomic E-state index is -0.942. The fraction of sp³-hybridized carbons (Fsp3) is 0.429. The highest BCUT2D eigenvalue weighted by Crippen LogP contribution is 2.11. The summed E-state index contributed by atoms with van der Waals surface area (Å²) in [6.45, 7) is 3.61. The number of carboxylic acid groups (broad SMARTS) is 1. The quantitative estimate of drug-likeness (QED) is 0.838. The third-order valence-electron chi connectivity index (χ3n) is 2.96. The number of hydrogen-bond donors (Lipinski definition) is 1. The van der Waals surface area contributed by atoms with E-state index in [9.17, 15) is 14.7 Å². The average molecular weight is 249 g/mol. The number of aliphatic carboxylic acids is 1. The molecule has 18 heavy (non-hydrogen) atoms. The molecule has 0 saturated carbocycles. The van der Waals surface area contributed by atoms with Crippen LogP contribution in [0.1, 0.15) is 25.8 Å². The van der Waals surface area contributed by atoms with Crippen LogP contribution in [0.2, 0.25) is 0 Å². The third kappa shape index (κ3) is 3.87. The summed E-state index contributed by atoms with van der Waals surface area (Å²) in [6.07, 6.45) is 1.09. The monoisotopic (exact) mass is 249 g/mol. The second-order valence-corrected chi connectivity index (χ2v) is 4.18. The Bertz CT molecular complexity index is 403. The lowest BCUT2D eigenvalue weighted by Crippen LogP contribution is -2.44. The average Bonchev–Trinajstić information content (AvgIpc) is 2.34. The van der Waals surface area contributed by atoms with Crippen molar-refractivity contribution in [2.75, 3.05) is 6.54 Å². The van der Waals surface area contributed by atoms with Crippen LogP contribution in [0.15, 0.2) is 30.3 Å². The number of hydrogen-bond acceptors (Lipinski definition) is 2. The van der Waals surface area contributed by atoms with Gasteiger partial charge in [-0.25, -0.2) is 4.79 Å². The van der Waals surface area contributed by atoms with Crippen molar-refractivity contribution in [3.05, 3.63) is 35.9 Å². The molecule has 0 spiro atoms. The van der Waals surface area contributed by atoms with E-state index < -0.39 is 12.0 Å². The van der Waals surface area contributed by atoms with Gasteiger partial charge in [-0.05, 0) is 25.3 Å². The number of carboxylic acids is 1. The van der Waals surface area contributed by atoms with E-state index in [1.54, 1.807) is 6.92 Å². The van der Waals surface area contributed by atoms with Crippen molar-refractivity contribution < 1.29 is 14.7 Å². The van der Waals surface area contributed by atoms with Crippen molar-refractivity contribution in [3.63, 3.8) is 0 Å². The maximum absolute atomic E-state index is 11.4. The third-order valence-corrected chi connectivity index (χ3v) is 2.96. The van der Waals surface area contributed by atoms with Crippen LogP contribution in [-0.4, -0.2) is 34.5 Å². The lowest BCUT2D eigenvalue weighted by atomic mass is 10.0. The molecule has 1 atom stereocenters. The van der Waals surface area contributed by atoms with Crippen molar-refractivity contribution in [1.82, 2.24) is 4.90 Å². The predicted molar refractivity (Wildman–Crippen MR) is 69.2 cm³/mol. The van der Waals surface area contributed by atoms with E-state index in [0.29, 0.717) is 19.4 Å². The first kappa shape index (κ1) is 14.2. The Morgan fingerprint density at radius 1 is 1.28 bits per heavy atom. The molecule has 0 aliphatic heterocycles. The lowest BCUT2D eigenvalue weighted by molar-refractivity contribution is -0.149. The number of benzene rings is 1. The standard InChI is InChI=1S/C14H19NO3/c1-3-15(11(2)16)13(14(17)18)10-9-12-7-5-4-6-8-12/h4-8,13H,3,9-10H2,1-2H3,(H,17,18). The molecule has 1 amide bonds. The summed E-state index contributed by atoms with van der Waals surface area (Å²) in [5.41, 5.74) is 1.09. The Hall–Kier alpha value is -1.84. The lowest BCUT2D eigenvalue weighted by Gasteiger charge is -2.26. The van der Waals surface area contributed by atoms with Crippen molar-refractivity contribution in [3.8, 4) is 0 Å². The molecule has 4 nitrogen and oxygen atoms in total. The van der Waals surface area contributed by atoms with Crippen molar-refractivity contribution in [2.45, 2.75) is 32.7 Å². The van der Waals surface area contributed by atoms with Crippen LogP contribution in [0.5, 0.6) is 0 Å². The van der Waals surface area contributed by atoms with Gasteiger partial charge in [0.15, 0.2) is 0 Å². The highest BCUT2D eigenvalue weighted by molar-refractivity contribution is 5.82. The van der Waals surface area contributed by atoms with E-state index in [0.717, 1.165) is 5.56 Å². The second kappa shape index (κ2) is 6.79. The number of carbonyl (C=O) groups is 2. The van der Waals surface area contributed by atoms with Crippen LogP contribution < -0.4 is 0 Å².